The van der Waals surface area contributed by atoms with Gasteiger partial charge in [0.2, 0.25) is 0 Å². The van der Waals surface area contributed by atoms with Gasteiger partial charge in [-0.25, -0.2) is 0 Å². The van der Waals surface area contributed by atoms with Crippen molar-refractivity contribution in [3.8, 4) is 0 Å². The summed E-state index contributed by atoms with van der Waals surface area (Å²) in [7, 11) is 0. The van der Waals surface area contributed by atoms with E-state index in [0.29, 0.717) is 0 Å². The first-order valence-corrected chi connectivity index (χ1v) is 0. The molecule has 0 N–H and O–H groups in total. The van der Waals surface area contributed by atoms with Gasteiger partial charge in [-0.3, -0.25) is 0 Å². The maximum absolute atomic E-state index is 0. The average molecular weight is 158 g/mol. The molecule has 0 aromatic rings. The average Bonchev–Trinajstić information content (AvgIpc) is 0. The third-order valence-electron chi connectivity index (χ3n) is 0. The van der Waals surface area contributed by atoms with Crippen LogP contribution in [0.1, 0.15) is 0 Å². The zero-order valence-electron chi connectivity index (χ0n) is 2.21. The molecule has 0 aromatic heterocycles. The fourth-order valence-corrected chi connectivity index (χ4v) is 0. The minimum atomic E-state index is 0. The first kappa shape index (κ1) is 28.4. The van der Waals surface area contributed by atoms with Gasteiger partial charge in [0, 0.05) is 91.8 Å². The molecule has 0 aliphatic carbocycles. The first-order valence-electron chi connectivity index (χ1n) is 0. The Balaban J connectivity index is 0. The summed E-state index contributed by atoms with van der Waals surface area (Å²) in [5, 5.41) is 0. The molecule has 0 fully saturated rings. The van der Waals surface area contributed by atoms with Gasteiger partial charge in [0.15, 0.2) is 0 Å². The van der Waals surface area contributed by atoms with E-state index in [1.807, 2.05) is 0 Å². The largest absolute Gasteiger partial charge is 0 e. The van der Waals surface area contributed by atoms with E-state index in [-0.39, 0.29) is 91.8 Å². The summed E-state index contributed by atoms with van der Waals surface area (Å²) in [6.07, 6.45) is 0. The Morgan fingerprint density at radius 1 is 1.00 bits per heavy atom. The summed E-state index contributed by atoms with van der Waals surface area (Å²) in [5.41, 5.74) is 0. The minimum Gasteiger partial charge on any atom is 0 e. The van der Waals surface area contributed by atoms with E-state index in [1.54, 1.807) is 0 Å². The van der Waals surface area contributed by atoms with Crippen molar-refractivity contribution in [3.05, 3.63) is 0 Å². The normalized spacial score (nSPS) is 0. The zero-order chi connectivity index (χ0) is 0. The maximum Gasteiger partial charge on any atom is 0 e. The standard InChI is InChI=1S/Fe.K.P.S. The molecule has 0 bridgehead atoms. The molecule has 0 aromatic carbocycles. The molecule has 0 amide bonds. The van der Waals surface area contributed by atoms with E-state index in [1.165, 1.54) is 0 Å². The van der Waals surface area contributed by atoms with Crippen molar-refractivity contribution in [2.45, 2.75) is 0 Å². The van der Waals surface area contributed by atoms with Crippen LogP contribution < -0.4 is 0 Å². The molecule has 0 nitrogen and oxygen atoms in total. The molecule has 0 rings (SSSR count). The molecule has 0 aliphatic heterocycles. The zero-order valence-corrected chi connectivity index (χ0v) is 8.15. The molecule has 4 heteroatoms. The van der Waals surface area contributed by atoms with Crippen molar-refractivity contribution in [1.29, 1.82) is 0 Å². The summed E-state index contributed by atoms with van der Waals surface area (Å²) in [6.45, 7) is 0. The van der Waals surface area contributed by atoms with E-state index in [2.05, 4.69) is 0 Å². The Hall–Kier alpha value is 2.94. The van der Waals surface area contributed by atoms with Gasteiger partial charge in [-0.1, -0.05) is 0 Å². The Morgan fingerprint density at radius 2 is 1.00 bits per heavy atom. The van der Waals surface area contributed by atoms with Crippen LogP contribution >= 0.6 is 23.4 Å². The molecular formula is FeKPS. The van der Waals surface area contributed by atoms with Crippen LogP contribution in [-0.2, 0) is 17.1 Å². The van der Waals surface area contributed by atoms with Crippen molar-refractivity contribution in [2.24, 2.45) is 0 Å². The van der Waals surface area contributed by atoms with Gasteiger partial charge in [0.05, 0.1) is 0 Å². The molecule has 20 valence electrons. The molecule has 0 saturated carbocycles. The van der Waals surface area contributed by atoms with Crippen LogP contribution in [-0.4, -0.2) is 51.4 Å². The van der Waals surface area contributed by atoms with Gasteiger partial charge in [-0.15, -0.1) is 0 Å². The third-order valence-corrected chi connectivity index (χ3v) is 0. The second-order valence-electron chi connectivity index (χ2n) is 0. The summed E-state index contributed by atoms with van der Waals surface area (Å²) < 4.78 is 0. The molecule has 0 heterocycles. The van der Waals surface area contributed by atoms with Crippen LogP contribution in [0.15, 0.2) is 0 Å². The van der Waals surface area contributed by atoms with Crippen molar-refractivity contribution in [3.63, 3.8) is 0 Å². The summed E-state index contributed by atoms with van der Waals surface area (Å²) in [6, 6.07) is 0. The fraction of sp³-hybridized carbons (Fsp3) is 0. The topological polar surface area (TPSA) is 0 Å². The van der Waals surface area contributed by atoms with Gasteiger partial charge in [-0.2, -0.15) is 0 Å². The quantitative estimate of drug-likeness (QED) is 0.366. The predicted octanol–water partition coefficient (Wildman–Crippen LogP) is 1.13. The van der Waals surface area contributed by atoms with Gasteiger partial charge >= 0.3 is 0 Å². The monoisotopic (exact) mass is 158 g/mol. The van der Waals surface area contributed by atoms with E-state index in [9.17, 15) is 0 Å². The Kier molecular flexibility index (Phi) is 119. The van der Waals surface area contributed by atoms with Gasteiger partial charge < -0.3 is 0 Å². The van der Waals surface area contributed by atoms with E-state index >= 15 is 0 Å². The van der Waals surface area contributed by atoms with Crippen molar-refractivity contribution in [2.75, 3.05) is 0 Å². The molecule has 0 aliphatic rings. The van der Waals surface area contributed by atoms with E-state index in [0.717, 1.165) is 0 Å². The van der Waals surface area contributed by atoms with Crippen LogP contribution in [0, 0.1) is 0 Å². The minimum absolute atomic E-state index is 0. The smallest absolute Gasteiger partial charge is 0 e. The molecule has 0 spiro atoms. The second-order valence-corrected chi connectivity index (χ2v) is 0. The van der Waals surface area contributed by atoms with Gasteiger partial charge in [0.1, 0.15) is 0 Å². The van der Waals surface area contributed by atoms with Crippen LogP contribution in [0.25, 0.3) is 0 Å². The molecule has 0 unspecified atom stereocenters. The van der Waals surface area contributed by atoms with Crippen LogP contribution in [0.2, 0.25) is 0 Å². The van der Waals surface area contributed by atoms with E-state index < -0.39 is 0 Å². The summed E-state index contributed by atoms with van der Waals surface area (Å²) >= 11 is 0. The molecule has 4 heavy (non-hydrogen) atoms. The number of hydrogen-bond donors (Lipinski definition) is 0. The number of hydrogen-bond acceptors (Lipinski definition) is 0. The van der Waals surface area contributed by atoms with Crippen molar-refractivity contribution in [1.82, 2.24) is 0 Å². The Labute approximate surface area is 89.8 Å². The second kappa shape index (κ2) is 16.8. The maximum atomic E-state index is 0. The van der Waals surface area contributed by atoms with Crippen molar-refractivity contribution < 1.29 is 17.1 Å². The number of rotatable bonds is 0. The first-order chi connectivity index (χ1) is 0. The van der Waals surface area contributed by atoms with Crippen molar-refractivity contribution >= 4 is 74.8 Å². The molecule has 0 saturated heterocycles. The van der Waals surface area contributed by atoms with Crippen LogP contribution in [0.4, 0.5) is 0 Å². The molecule has 0 atom stereocenters. The fourth-order valence-electron chi connectivity index (χ4n) is 0. The SMILES string of the molecule is [Fe].[K].[P].[S]. The molecule has 6 radical (unpaired) electrons. The summed E-state index contributed by atoms with van der Waals surface area (Å²) in [5.74, 6) is 0. The third kappa shape index (κ3) is 8.87. The molecular weight excluding hydrogens is 158 g/mol. The van der Waals surface area contributed by atoms with Crippen LogP contribution in [0.3, 0.4) is 0 Å². The predicted molar refractivity (Wildman–Crippen MR) is 20.3 cm³/mol. The Bertz CT molecular complexity index is 8.00. The summed E-state index contributed by atoms with van der Waals surface area (Å²) in [4.78, 5) is 0. The Morgan fingerprint density at radius 3 is 1.00 bits per heavy atom. The van der Waals surface area contributed by atoms with Gasteiger partial charge in [-0.05, 0) is 0 Å². The van der Waals surface area contributed by atoms with E-state index in [4.69, 9.17) is 0 Å². The van der Waals surface area contributed by atoms with Crippen LogP contribution in [0.5, 0.6) is 0 Å². The van der Waals surface area contributed by atoms with Gasteiger partial charge in [0.25, 0.3) is 0 Å².